The standard InChI is InChI=1S/C16H22N2O6S2/c1-10-7-6-8-11(2)14(10)18(26(22,23)17-16(21)24-5)15(20)12(3)9-25-13(4)19/h6-8,12H,9H2,1-5H3,(H,17,21). The number of aryl methyl sites for hydroxylation is 2. The number of methoxy groups -OCH3 is 1. The van der Waals surface area contributed by atoms with Crippen molar-refractivity contribution < 1.29 is 27.5 Å². The highest BCUT2D eigenvalue weighted by atomic mass is 32.2. The van der Waals surface area contributed by atoms with Gasteiger partial charge in [0.2, 0.25) is 5.91 Å². The van der Waals surface area contributed by atoms with Crippen molar-refractivity contribution in [3.63, 3.8) is 0 Å². The molecule has 8 nitrogen and oxygen atoms in total. The molecule has 2 amide bonds. The SMILES string of the molecule is COC(=O)NS(=O)(=O)N(C(=O)C(C)CSC(C)=O)c1c(C)cccc1C. The smallest absolute Gasteiger partial charge is 0.422 e. The molecule has 0 saturated heterocycles. The maximum Gasteiger partial charge on any atom is 0.422 e. The fourth-order valence-corrected chi connectivity index (χ4v) is 4.14. The predicted octanol–water partition coefficient (Wildman–Crippen LogP) is 2.15. The zero-order valence-electron chi connectivity index (χ0n) is 15.2. The van der Waals surface area contributed by atoms with E-state index in [0.717, 1.165) is 18.9 Å². The van der Waals surface area contributed by atoms with Crippen LogP contribution in [0.4, 0.5) is 10.5 Å². The zero-order valence-corrected chi connectivity index (χ0v) is 16.9. The van der Waals surface area contributed by atoms with Crippen LogP contribution in [-0.4, -0.2) is 38.4 Å². The van der Waals surface area contributed by atoms with E-state index in [0.29, 0.717) is 15.4 Å². The van der Waals surface area contributed by atoms with Crippen molar-refractivity contribution in [1.82, 2.24) is 4.72 Å². The topological polar surface area (TPSA) is 110 Å². The van der Waals surface area contributed by atoms with Gasteiger partial charge < -0.3 is 4.74 Å². The summed E-state index contributed by atoms with van der Waals surface area (Å²) in [6.45, 7) is 6.20. The number of nitrogens with zero attached hydrogens (tertiary/aromatic N) is 1. The van der Waals surface area contributed by atoms with Gasteiger partial charge in [-0.25, -0.2) is 9.52 Å². The molecule has 1 aromatic carbocycles. The van der Waals surface area contributed by atoms with E-state index in [1.54, 1.807) is 36.8 Å². The van der Waals surface area contributed by atoms with E-state index in [4.69, 9.17) is 0 Å². The number of hydrogen-bond acceptors (Lipinski definition) is 7. The Morgan fingerprint density at radius 3 is 2.23 bits per heavy atom. The number of ether oxygens (including phenoxy) is 1. The minimum atomic E-state index is -4.55. The van der Waals surface area contributed by atoms with Gasteiger partial charge in [-0.2, -0.15) is 12.7 Å². The Morgan fingerprint density at radius 2 is 1.77 bits per heavy atom. The summed E-state index contributed by atoms with van der Waals surface area (Å²) in [4.78, 5) is 35.5. The van der Waals surface area contributed by atoms with Gasteiger partial charge in [0.15, 0.2) is 5.12 Å². The lowest BCUT2D eigenvalue weighted by molar-refractivity contribution is -0.120. The van der Waals surface area contributed by atoms with Gasteiger partial charge in [-0.3, -0.25) is 9.59 Å². The van der Waals surface area contributed by atoms with Crippen LogP contribution in [-0.2, 0) is 24.5 Å². The number of carbonyl (C=O) groups is 3. The van der Waals surface area contributed by atoms with Crippen LogP contribution in [0, 0.1) is 19.8 Å². The minimum absolute atomic E-state index is 0.114. The van der Waals surface area contributed by atoms with Gasteiger partial charge in [0.25, 0.3) is 0 Å². The summed E-state index contributed by atoms with van der Waals surface area (Å²) in [6.07, 6.45) is -1.21. The molecule has 10 heteroatoms. The molecule has 1 atom stereocenters. The van der Waals surface area contributed by atoms with E-state index in [1.165, 1.54) is 13.8 Å². The number of benzene rings is 1. The maximum atomic E-state index is 12.9. The summed E-state index contributed by atoms with van der Waals surface area (Å²) >= 11 is 0.924. The molecule has 0 spiro atoms. The van der Waals surface area contributed by atoms with Crippen LogP contribution < -0.4 is 9.03 Å². The van der Waals surface area contributed by atoms with Gasteiger partial charge in [-0.15, -0.1) is 0 Å². The number of thioether (sulfide) groups is 1. The highest BCUT2D eigenvalue weighted by Gasteiger charge is 2.35. The normalized spacial score (nSPS) is 12.2. The zero-order chi connectivity index (χ0) is 20.1. The number of amides is 2. The largest absolute Gasteiger partial charge is 0.452 e. The molecule has 1 N–H and O–H groups in total. The lowest BCUT2D eigenvalue weighted by Crippen LogP contribution is -2.49. The Hall–Kier alpha value is -2.07. The molecule has 0 radical (unpaired) electrons. The second-order valence-electron chi connectivity index (χ2n) is 5.65. The van der Waals surface area contributed by atoms with Crippen LogP contribution in [0.3, 0.4) is 0 Å². The van der Waals surface area contributed by atoms with E-state index in [9.17, 15) is 22.8 Å². The van der Waals surface area contributed by atoms with Crippen LogP contribution in [0.2, 0.25) is 0 Å². The molecule has 26 heavy (non-hydrogen) atoms. The first-order valence-corrected chi connectivity index (χ1v) is 10.1. The van der Waals surface area contributed by atoms with E-state index < -0.39 is 28.1 Å². The van der Waals surface area contributed by atoms with Gasteiger partial charge in [0, 0.05) is 18.6 Å². The highest BCUT2D eigenvalue weighted by Crippen LogP contribution is 2.29. The summed E-state index contributed by atoms with van der Waals surface area (Å²) < 4.78 is 32.0. The summed E-state index contributed by atoms with van der Waals surface area (Å²) in [6, 6.07) is 5.04. The summed E-state index contributed by atoms with van der Waals surface area (Å²) in [5, 5.41) is -0.182. The van der Waals surface area contributed by atoms with E-state index in [1.807, 2.05) is 0 Å². The average molecular weight is 402 g/mol. The first-order chi connectivity index (χ1) is 12.0. The Bertz CT molecular complexity index is 787. The summed E-state index contributed by atoms with van der Waals surface area (Å²) in [7, 11) is -3.53. The van der Waals surface area contributed by atoms with Crippen molar-refractivity contribution in [2.24, 2.45) is 5.92 Å². The first-order valence-electron chi connectivity index (χ1n) is 7.65. The van der Waals surface area contributed by atoms with E-state index >= 15 is 0 Å². The van der Waals surface area contributed by atoms with Crippen molar-refractivity contribution in [2.75, 3.05) is 17.2 Å². The van der Waals surface area contributed by atoms with Crippen molar-refractivity contribution >= 4 is 44.8 Å². The molecule has 1 unspecified atom stereocenters. The molecule has 0 aliphatic rings. The molecule has 0 fully saturated rings. The van der Waals surface area contributed by atoms with Crippen LogP contribution in [0.15, 0.2) is 18.2 Å². The Morgan fingerprint density at radius 1 is 1.23 bits per heavy atom. The summed E-state index contributed by atoms with van der Waals surface area (Å²) in [5.74, 6) is -1.42. The Labute approximate surface area is 157 Å². The van der Waals surface area contributed by atoms with Crippen molar-refractivity contribution in [3.8, 4) is 0 Å². The third-order valence-electron chi connectivity index (χ3n) is 3.44. The van der Waals surface area contributed by atoms with Gasteiger partial charge in [0.1, 0.15) is 0 Å². The highest BCUT2D eigenvalue weighted by molar-refractivity contribution is 8.13. The predicted molar refractivity (Wildman–Crippen MR) is 100 cm³/mol. The van der Waals surface area contributed by atoms with Crippen molar-refractivity contribution in [3.05, 3.63) is 29.3 Å². The number of nitrogens with one attached hydrogen (secondary N) is 1. The number of carbonyl (C=O) groups excluding carboxylic acids is 3. The molecule has 0 aliphatic heterocycles. The lowest BCUT2D eigenvalue weighted by atomic mass is 10.1. The third-order valence-corrected chi connectivity index (χ3v) is 5.78. The van der Waals surface area contributed by atoms with Crippen molar-refractivity contribution in [1.29, 1.82) is 0 Å². The third kappa shape index (κ3) is 5.46. The van der Waals surface area contributed by atoms with Gasteiger partial charge >= 0.3 is 16.3 Å². The van der Waals surface area contributed by atoms with Crippen LogP contribution in [0.1, 0.15) is 25.0 Å². The van der Waals surface area contributed by atoms with Crippen LogP contribution in [0.5, 0.6) is 0 Å². The molecule has 1 rings (SSSR count). The average Bonchev–Trinajstić information content (AvgIpc) is 2.54. The van der Waals surface area contributed by atoms with Crippen LogP contribution in [0.25, 0.3) is 0 Å². The minimum Gasteiger partial charge on any atom is -0.452 e. The number of hydrogen-bond donors (Lipinski definition) is 1. The lowest BCUT2D eigenvalue weighted by Gasteiger charge is -2.27. The number of para-hydroxylation sites is 1. The van der Waals surface area contributed by atoms with Gasteiger partial charge in [-0.1, -0.05) is 36.9 Å². The fourth-order valence-electron chi connectivity index (χ4n) is 2.18. The summed E-state index contributed by atoms with van der Waals surface area (Å²) in [5.41, 5.74) is 1.24. The maximum absolute atomic E-state index is 12.9. The Balaban J connectivity index is 3.41. The van der Waals surface area contributed by atoms with E-state index in [-0.39, 0.29) is 16.6 Å². The monoisotopic (exact) mass is 402 g/mol. The van der Waals surface area contributed by atoms with Gasteiger partial charge in [0.05, 0.1) is 12.8 Å². The molecule has 0 heterocycles. The molecular formula is C16H22N2O6S2. The molecule has 0 bridgehead atoms. The molecule has 0 aliphatic carbocycles. The molecule has 144 valence electrons. The van der Waals surface area contributed by atoms with Crippen molar-refractivity contribution in [2.45, 2.75) is 27.7 Å². The van der Waals surface area contributed by atoms with Crippen LogP contribution >= 0.6 is 11.8 Å². The molecule has 0 saturated carbocycles. The molecular weight excluding hydrogens is 380 g/mol. The van der Waals surface area contributed by atoms with E-state index in [2.05, 4.69) is 4.74 Å². The fraction of sp³-hybridized carbons (Fsp3) is 0.438. The quantitative estimate of drug-likeness (QED) is 0.776. The number of rotatable bonds is 6. The number of anilines is 1. The Kier molecular flexibility index (Phi) is 7.64. The second kappa shape index (κ2) is 9.04. The molecule has 0 aromatic heterocycles. The van der Waals surface area contributed by atoms with Gasteiger partial charge in [-0.05, 0) is 25.0 Å². The second-order valence-corrected chi connectivity index (χ2v) is 8.36. The first kappa shape index (κ1) is 22.0. The molecule has 1 aromatic rings.